The van der Waals surface area contributed by atoms with Crippen molar-refractivity contribution in [2.45, 2.75) is 43.2 Å². The number of hydrogen-bond acceptors (Lipinski definition) is 5. The minimum atomic E-state index is -0.155. The Bertz CT molecular complexity index is 1160. The number of carbonyl (C=O) groups excluding carboxylic acids is 1. The summed E-state index contributed by atoms with van der Waals surface area (Å²) in [7, 11) is 0. The summed E-state index contributed by atoms with van der Waals surface area (Å²) in [4.78, 5) is 21.5. The van der Waals surface area contributed by atoms with Crippen molar-refractivity contribution < 1.29 is 9.90 Å². The molecule has 0 saturated heterocycles. The van der Waals surface area contributed by atoms with E-state index in [0.29, 0.717) is 22.7 Å². The molecule has 28 heavy (non-hydrogen) atoms. The number of fused-ring (bicyclic) bond motifs is 2. The van der Waals surface area contributed by atoms with Crippen LogP contribution < -0.4 is 5.32 Å². The van der Waals surface area contributed by atoms with Gasteiger partial charge < -0.3 is 15.0 Å². The average Bonchev–Trinajstić information content (AvgIpc) is 3.41. The molecule has 4 aliphatic rings. The van der Waals surface area contributed by atoms with Crippen molar-refractivity contribution in [3.05, 3.63) is 41.1 Å². The summed E-state index contributed by atoms with van der Waals surface area (Å²) in [5.41, 5.74) is 0.649. The summed E-state index contributed by atoms with van der Waals surface area (Å²) in [5, 5.41) is 17.7. The Balaban J connectivity index is 1.34. The molecule has 7 heteroatoms. The van der Waals surface area contributed by atoms with Gasteiger partial charge in [-0.05, 0) is 56.1 Å². The fourth-order valence-electron chi connectivity index (χ4n) is 7.87. The first kappa shape index (κ1) is 15.5. The molecule has 0 radical (unpaired) electrons. The van der Waals surface area contributed by atoms with E-state index in [9.17, 15) is 9.90 Å². The quantitative estimate of drug-likeness (QED) is 0.717. The number of aromatic nitrogens is 3. The fourth-order valence-corrected chi connectivity index (χ4v) is 8.40. The topological polar surface area (TPSA) is 80.0 Å². The average molecular weight is 392 g/mol. The molecule has 1 amide bonds. The second-order valence-corrected chi connectivity index (χ2v) is 10.1. The molecule has 142 valence electrons. The number of nitrogens with zero attached hydrogens (tertiary/aromatic N) is 3. The summed E-state index contributed by atoms with van der Waals surface area (Å²) in [6, 6.07) is 3.80. The number of aromatic hydroxyl groups is 1. The Labute approximate surface area is 165 Å². The van der Waals surface area contributed by atoms with Gasteiger partial charge in [0.05, 0.1) is 16.4 Å². The van der Waals surface area contributed by atoms with Gasteiger partial charge in [-0.3, -0.25) is 9.78 Å². The van der Waals surface area contributed by atoms with Crippen molar-refractivity contribution in [1.82, 2.24) is 19.9 Å². The first-order valence-corrected chi connectivity index (χ1v) is 10.8. The zero-order valence-corrected chi connectivity index (χ0v) is 16.1. The van der Waals surface area contributed by atoms with E-state index >= 15 is 0 Å². The third kappa shape index (κ3) is 1.44. The maximum atomic E-state index is 12.9. The Kier molecular flexibility index (Phi) is 2.54. The molecule has 1 spiro atoms. The van der Waals surface area contributed by atoms with Crippen molar-refractivity contribution >= 4 is 28.1 Å². The van der Waals surface area contributed by atoms with Crippen LogP contribution in [0.15, 0.2) is 36.1 Å². The smallest absolute Gasteiger partial charge is 0.280 e. The van der Waals surface area contributed by atoms with E-state index in [4.69, 9.17) is 0 Å². The van der Waals surface area contributed by atoms with Crippen molar-refractivity contribution in [3.63, 3.8) is 0 Å². The highest BCUT2D eigenvalue weighted by atomic mass is 32.1. The number of amides is 1. The van der Waals surface area contributed by atoms with Crippen molar-refractivity contribution in [2.75, 3.05) is 0 Å². The Hall–Kier alpha value is -2.41. The van der Waals surface area contributed by atoms with Gasteiger partial charge in [-0.1, -0.05) is 0 Å². The maximum absolute atomic E-state index is 12.9. The number of pyridine rings is 1. The minimum Gasteiger partial charge on any atom is -0.494 e. The molecule has 3 aromatic rings. The van der Waals surface area contributed by atoms with Crippen LogP contribution in [0.1, 0.15) is 41.9 Å². The van der Waals surface area contributed by atoms with E-state index in [-0.39, 0.29) is 22.4 Å². The fraction of sp³-hybridized carbons (Fsp3) is 0.476. The van der Waals surface area contributed by atoms with Crippen LogP contribution in [0.25, 0.3) is 10.9 Å². The normalized spacial score (nSPS) is 39.4. The van der Waals surface area contributed by atoms with Gasteiger partial charge in [0.2, 0.25) is 5.88 Å². The van der Waals surface area contributed by atoms with Gasteiger partial charge >= 0.3 is 0 Å². The highest BCUT2D eigenvalue weighted by Gasteiger charge is 2.87. The molecule has 4 fully saturated rings. The van der Waals surface area contributed by atoms with E-state index in [2.05, 4.69) is 19.9 Å². The zero-order valence-electron chi connectivity index (χ0n) is 15.3. The molecule has 0 aromatic carbocycles. The molecule has 5 unspecified atom stereocenters. The SMILES string of the molecule is O=C(NC12CC3CC4(n5cc6ncccc6c5O)CC(C1)C24C3)c1nccs1. The first-order chi connectivity index (χ1) is 13.6. The van der Waals surface area contributed by atoms with Crippen LogP contribution in [0.2, 0.25) is 0 Å². The van der Waals surface area contributed by atoms with E-state index < -0.39 is 0 Å². The van der Waals surface area contributed by atoms with E-state index in [1.165, 1.54) is 11.3 Å². The van der Waals surface area contributed by atoms with Crippen LogP contribution in [0, 0.1) is 17.3 Å². The summed E-state index contributed by atoms with van der Waals surface area (Å²) < 4.78 is 2.11. The van der Waals surface area contributed by atoms with Gasteiger partial charge in [0.25, 0.3) is 5.91 Å². The largest absolute Gasteiger partial charge is 0.494 e. The highest BCUT2D eigenvalue weighted by molar-refractivity contribution is 7.11. The molecule has 3 heterocycles. The number of hydrogen-bond donors (Lipinski definition) is 2. The van der Waals surface area contributed by atoms with Crippen LogP contribution in [0.4, 0.5) is 0 Å². The Morgan fingerprint density at radius 3 is 2.93 bits per heavy atom. The van der Waals surface area contributed by atoms with Gasteiger partial charge in [-0.25, -0.2) is 4.98 Å². The number of thiazole rings is 1. The lowest BCUT2D eigenvalue weighted by atomic mass is 9.31. The van der Waals surface area contributed by atoms with Gasteiger partial charge in [-0.15, -0.1) is 11.3 Å². The minimum absolute atomic E-state index is 0.0419. The maximum Gasteiger partial charge on any atom is 0.280 e. The van der Waals surface area contributed by atoms with Crippen LogP contribution in [-0.2, 0) is 5.54 Å². The number of rotatable bonds is 3. The lowest BCUT2D eigenvalue weighted by Gasteiger charge is -2.77. The van der Waals surface area contributed by atoms with E-state index in [1.54, 1.807) is 12.4 Å². The summed E-state index contributed by atoms with van der Waals surface area (Å²) in [5.74, 6) is 1.52. The van der Waals surface area contributed by atoms with Crippen LogP contribution >= 0.6 is 11.3 Å². The number of carbonyl (C=O) groups is 1. The molecule has 4 aliphatic carbocycles. The molecule has 5 atom stereocenters. The summed E-state index contributed by atoms with van der Waals surface area (Å²) >= 11 is 1.39. The Morgan fingerprint density at radius 1 is 1.21 bits per heavy atom. The molecule has 2 bridgehead atoms. The van der Waals surface area contributed by atoms with Crippen molar-refractivity contribution in [2.24, 2.45) is 17.3 Å². The molecule has 0 aliphatic heterocycles. The Morgan fingerprint density at radius 2 is 2.14 bits per heavy atom. The second kappa shape index (κ2) is 4.59. The zero-order chi connectivity index (χ0) is 18.7. The lowest BCUT2D eigenvalue weighted by molar-refractivity contribution is -0.252. The molecular formula is C21H20N4O2S. The van der Waals surface area contributed by atoms with Gasteiger partial charge in [-0.2, -0.15) is 0 Å². The molecule has 4 saturated carbocycles. The molecular weight excluding hydrogens is 372 g/mol. The van der Waals surface area contributed by atoms with E-state index in [1.807, 2.05) is 23.7 Å². The predicted molar refractivity (Wildman–Crippen MR) is 104 cm³/mol. The van der Waals surface area contributed by atoms with Gasteiger partial charge in [0, 0.05) is 34.9 Å². The second-order valence-electron chi connectivity index (χ2n) is 9.22. The van der Waals surface area contributed by atoms with Crippen LogP contribution in [0.5, 0.6) is 5.88 Å². The molecule has 2 N–H and O–H groups in total. The van der Waals surface area contributed by atoms with Gasteiger partial charge in [0.1, 0.15) is 0 Å². The standard InChI is InChI=1S/C21H20N4O2S/c26-16(17-23-4-5-28-17)24-19-6-12-7-20(10-13(9-19)21(19,20)8-12)25-11-15-14(18(25)27)2-1-3-22-15/h1-5,11-13,27H,6-10H2,(H,24,26). The summed E-state index contributed by atoms with van der Waals surface area (Å²) in [6.07, 6.45) is 10.9. The third-order valence-electron chi connectivity index (χ3n) is 8.43. The highest BCUT2D eigenvalue weighted by Crippen LogP contribution is 2.87. The predicted octanol–water partition coefficient (Wildman–Crippen LogP) is 3.29. The molecule has 3 aromatic heterocycles. The van der Waals surface area contributed by atoms with Crippen LogP contribution in [-0.4, -0.2) is 31.1 Å². The third-order valence-corrected chi connectivity index (χ3v) is 9.21. The van der Waals surface area contributed by atoms with E-state index in [0.717, 1.165) is 43.0 Å². The van der Waals surface area contributed by atoms with Gasteiger partial charge in [0.15, 0.2) is 5.01 Å². The first-order valence-electron chi connectivity index (χ1n) is 9.96. The molecule has 6 nitrogen and oxygen atoms in total. The van der Waals surface area contributed by atoms with Crippen molar-refractivity contribution in [3.8, 4) is 5.88 Å². The van der Waals surface area contributed by atoms with Crippen LogP contribution in [0.3, 0.4) is 0 Å². The number of nitrogens with one attached hydrogen (secondary N) is 1. The molecule has 7 rings (SSSR count). The lowest BCUT2D eigenvalue weighted by Crippen LogP contribution is -2.83. The monoisotopic (exact) mass is 392 g/mol. The summed E-state index contributed by atoms with van der Waals surface area (Å²) in [6.45, 7) is 0. The van der Waals surface area contributed by atoms with Crippen molar-refractivity contribution in [1.29, 1.82) is 0 Å².